The van der Waals surface area contributed by atoms with Crippen molar-refractivity contribution in [2.45, 2.75) is 25.0 Å². The Morgan fingerprint density at radius 1 is 1.35 bits per heavy atom. The second-order valence-corrected chi connectivity index (χ2v) is 7.97. The van der Waals surface area contributed by atoms with Crippen LogP contribution in [0.3, 0.4) is 0 Å². The first-order valence-corrected chi connectivity index (χ1v) is 10.0. The molecule has 2 saturated heterocycles. The summed E-state index contributed by atoms with van der Waals surface area (Å²) in [7, 11) is 1.57. The summed E-state index contributed by atoms with van der Waals surface area (Å²) in [6.45, 7) is 1.68. The molecule has 4 heterocycles. The molecule has 0 spiro atoms. The number of carboxylic acid groups (broad SMARTS) is 1. The molecule has 3 aromatic rings. The maximum absolute atomic E-state index is 15.0. The van der Waals surface area contributed by atoms with E-state index in [-0.39, 0.29) is 29.4 Å². The highest BCUT2D eigenvalue weighted by Crippen LogP contribution is 2.31. The number of carboxylic acids is 1. The van der Waals surface area contributed by atoms with E-state index in [9.17, 15) is 14.7 Å². The van der Waals surface area contributed by atoms with E-state index in [0.717, 1.165) is 24.6 Å². The molecule has 2 aliphatic rings. The second-order valence-electron chi connectivity index (χ2n) is 7.97. The zero-order valence-electron chi connectivity index (χ0n) is 16.8. The smallest absolute Gasteiger partial charge is 0.341 e. The Bertz CT molecular complexity index is 1240. The SMILES string of the molecule is COc1ccc(Cn2cc(C(=O)O)c(=O)c3cc(F)c(N4CC5CC4CN5)nc32)cc1. The molecule has 2 aromatic heterocycles. The summed E-state index contributed by atoms with van der Waals surface area (Å²) < 4.78 is 21.8. The number of rotatable bonds is 5. The number of fused-ring (bicyclic) bond motifs is 3. The first-order chi connectivity index (χ1) is 14.9. The van der Waals surface area contributed by atoms with Crippen molar-refractivity contribution in [2.75, 3.05) is 25.1 Å². The molecule has 0 amide bonds. The number of aromatic nitrogens is 2. The summed E-state index contributed by atoms with van der Waals surface area (Å²) in [5.74, 6) is -1.08. The van der Waals surface area contributed by atoms with Crippen LogP contribution in [0.15, 0.2) is 41.3 Å². The molecule has 2 atom stereocenters. The topological polar surface area (TPSA) is 96.7 Å². The molecule has 1 aromatic carbocycles. The lowest BCUT2D eigenvalue weighted by atomic mass is 10.1. The highest BCUT2D eigenvalue weighted by molar-refractivity contribution is 5.92. The van der Waals surface area contributed by atoms with Crippen LogP contribution in [-0.2, 0) is 6.54 Å². The van der Waals surface area contributed by atoms with Crippen LogP contribution in [0, 0.1) is 5.82 Å². The number of benzene rings is 1. The number of nitrogens with one attached hydrogen (secondary N) is 1. The zero-order valence-corrected chi connectivity index (χ0v) is 16.8. The minimum Gasteiger partial charge on any atom is -0.497 e. The molecule has 5 rings (SSSR count). The molecule has 2 aliphatic heterocycles. The first kappa shape index (κ1) is 19.5. The van der Waals surface area contributed by atoms with Crippen LogP contribution in [0.25, 0.3) is 11.0 Å². The molecule has 0 aliphatic carbocycles. The van der Waals surface area contributed by atoms with Gasteiger partial charge in [0.1, 0.15) is 17.0 Å². The lowest BCUT2D eigenvalue weighted by molar-refractivity contribution is 0.0695. The van der Waals surface area contributed by atoms with E-state index in [1.54, 1.807) is 23.8 Å². The van der Waals surface area contributed by atoms with Gasteiger partial charge in [0.25, 0.3) is 0 Å². The molecule has 2 fully saturated rings. The highest BCUT2D eigenvalue weighted by Gasteiger charge is 2.39. The quantitative estimate of drug-likeness (QED) is 0.645. The molecule has 31 heavy (non-hydrogen) atoms. The summed E-state index contributed by atoms with van der Waals surface area (Å²) in [5, 5.41) is 12.8. The van der Waals surface area contributed by atoms with Crippen LogP contribution in [0.5, 0.6) is 5.75 Å². The van der Waals surface area contributed by atoms with Gasteiger partial charge in [-0.05, 0) is 30.2 Å². The van der Waals surface area contributed by atoms with Gasteiger partial charge in [0.2, 0.25) is 5.43 Å². The number of pyridine rings is 2. The summed E-state index contributed by atoms with van der Waals surface area (Å²) in [5.41, 5.74) is -0.0347. The fourth-order valence-electron chi connectivity index (χ4n) is 4.50. The van der Waals surface area contributed by atoms with E-state index < -0.39 is 22.8 Å². The summed E-state index contributed by atoms with van der Waals surface area (Å²) in [6.07, 6.45) is 2.21. The van der Waals surface area contributed by atoms with Crippen molar-refractivity contribution in [3.8, 4) is 5.75 Å². The molecule has 8 nitrogen and oxygen atoms in total. The van der Waals surface area contributed by atoms with E-state index in [1.807, 2.05) is 17.0 Å². The van der Waals surface area contributed by atoms with Crippen LogP contribution in [0.4, 0.5) is 10.2 Å². The fourth-order valence-corrected chi connectivity index (χ4v) is 4.50. The van der Waals surface area contributed by atoms with E-state index >= 15 is 4.39 Å². The number of hydrogen-bond donors (Lipinski definition) is 2. The van der Waals surface area contributed by atoms with Crippen LogP contribution < -0.4 is 20.4 Å². The van der Waals surface area contributed by atoms with E-state index in [0.29, 0.717) is 18.3 Å². The van der Waals surface area contributed by atoms with Gasteiger partial charge in [0.05, 0.1) is 12.5 Å². The standard InChI is InChI=1S/C22H21FN4O4/c1-31-15-4-2-12(3-5-15)9-26-11-17(22(29)30)19(28)16-7-18(23)21(25-20(16)26)27-10-13-6-14(27)8-24-13/h2-5,7,11,13-14,24H,6,8-10H2,1H3,(H,29,30). The first-order valence-electron chi connectivity index (χ1n) is 10.0. The predicted octanol–water partition coefficient (Wildman–Crippen LogP) is 1.84. The van der Waals surface area contributed by atoms with Crippen molar-refractivity contribution in [1.29, 1.82) is 0 Å². The van der Waals surface area contributed by atoms with E-state index in [2.05, 4.69) is 10.3 Å². The van der Waals surface area contributed by atoms with E-state index in [4.69, 9.17) is 4.74 Å². The van der Waals surface area contributed by atoms with Crippen LogP contribution >= 0.6 is 0 Å². The van der Waals surface area contributed by atoms with Crippen LogP contribution in [0.2, 0.25) is 0 Å². The number of carbonyl (C=O) groups is 1. The third-order valence-electron chi connectivity index (χ3n) is 6.05. The fraction of sp³-hybridized carbons (Fsp3) is 0.318. The van der Waals surface area contributed by atoms with Gasteiger partial charge in [0.15, 0.2) is 11.6 Å². The number of piperazine rings is 1. The zero-order chi connectivity index (χ0) is 21.7. The number of nitrogens with zero attached hydrogens (tertiary/aromatic N) is 3. The molecule has 0 saturated carbocycles. The Balaban J connectivity index is 1.66. The van der Waals surface area contributed by atoms with Gasteiger partial charge in [-0.25, -0.2) is 14.2 Å². The Kier molecular flexibility index (Phi) is 4.62. The molecule has 2 unspecified atom stereocenters. The van der Waals surface area contributed by atoms with Crippen molar-refractivity contribution >= 4 is 22.8 Å². The average molecular weight is 424 g/mol. The van der Waals surface area contributed by atoms with Gasteiger partial charge in [0, 0.05) is 37.9 Å². The maximum Gasteiger partial charge on any atom is 0.341 e. The van der Waals surface area contributed by atoms with Gasteiger partial charge >= 0.3 is 5.97 Å². The average Bonchev–Trinajstić information content (AvgIpc) is 3.39. The number of methoxy groups -OCH3 is 1. The van der Waals surface area contributed by atoms with Gasteiger partial charge in [-0.1, -0.05) is 12.1 Å². The molecular formula is C22H21FN4O4. The minimum absolute atomic E-state index is 0.0443. The van der Waals surface area contributed by atoms with Gasteiger partial charge in [-0.15, -0.1) is 0 Å². The van der Waals surface area contributed by atoms with Crippen molar-refractivity contribution in [3.63, 3.8) is 0 Å². The Morgan fingerprint density at radius 2 is 2.13 bits per heavy atom. The van der Waals surface area contributed by atoms with Crippen molar-refractivity contribution < 1.29 is 19.0 Å². The number of halogens is 1. The Morgan fingerprint density at radius 3 is 2.74 bits per heavy atom. The van der Waals surface area contributed by atoms with Crippen molar-refractivity contribution in [2.24, 2.45) is 0 Å². The van der Waals surface area contributed by atoms with Crippen molar-refractivity contribution in [3.05, 3.63) is 63.7 Å². The van der Waals surface area contributed by atoms with Gasteiger partial charge in [-0.2, -0.15) is 0 Å². The number of anilines is 1. The van der Waals surface area contributed by atoms with Crippen LogP contribution in [-0.4, -0.2) is 52.9 Å². The summed E-state index contributed by atoms with van der Waals surface area (Å²) in [6, 6.07) is 8.87. The number of ether oxygens (including phenoxy) is 1. The van der Waals surface area contributed by atoms with Gasteiger partial charge in [-0.3, -0.25) is 4.79 Å². The lowest BCUT2D eigenvalue weighted by Gasteiger charge is -2.29. The van der Waals surface area contributed by atoms with Crippen LogP contribution in [0.1, 0.15) is 22.3 Å². The predicted molar refractivity (Wildman–Crippen MR) is 113 cm³/mol. The Hall–Kier alpha value is -3.46. The largest absolute Gasteiger partial charge is 0.497 e. The minimum atomic E-state index is -1.36. The number of hydrogen-bond acceptors (Lipinski definition) is 6. The molecule has 0 radical (unpaired) electrons. The van der Waals surface area contributed by atoms with Crippen molar-refractivity contribution in [1.82, 2.24) is 14.9 Å². The monoisotopic (exact) mass is 424 g/mol. The normalized spacial score (nSPS) is 19.9. The van der Waals surface area contributed by atoms with Gasteiger partial charge < -0.3 is 24.6 Å². The summed E-state index contributed by atoms with van der Waals surface area (Å²) in [4.78, 5) is 30.8. The Labute approximate surface area is 176 Å². The second kappa shape index (κ2) is 7.35. The molecule has 9 heteroatoms. The number of aromatic carboxylic acids is 1. The maximum atomic E-state index is 15.0. The third-order valence-corrected chi connectivity index (χ3v) is 6.05. The summed E-state index contributed by atoms with van der Waals surface area (Å²) >= 11 is 0. The molecule has 2 bridgehead atoms. The highest BCUT2D eigenvalue weighted by atomic mass is 19.1. The molecule has 2 N–H and O–H groups in total. The third kappa shape index (κ3) is 3.31. The lowest BCUT2D eigenvalue weighted by Crippen LogP contribution is -2.44. The molecular weight excluding hydrogens is 403 g/mol. The van der Waals surface area contributed by atoms with E-state index in [1.165, 1.54) is 6.20 Å². The molecule has 160 valence electrons.